The van der Waals surface area contributed by atoms with Crippen molar-refractivity contribution in [1.82, 2.24) is 0 Å². The third kappa shape index (κ3) is 4.43. The van der Waals surface area contributed by atoms with Gasteiger partial charge < -0.3 is 20.9 Å². The zero-order valence-electron chi connectivity index (χ0n) is 14.0. The number of hydrogen-bond donors (Lipinski definition) is 2. The largest absolute Gasteiger partial charge is 0.448 e. The molecular weight excluding hydrogens is 292 g/mol. The second kappa shape index (κ2) is 6.77. The molecule has 0 aromatic heterocycles. The van der Waals surface area contributed by atoms with Crippen LogP contribution in [0.1, 0.15) is 41.5 Å². The van der Waals surface area contributed by atoms with E-state index in [1.165, 1.54) is 11.8 Å². The molecule has 0 aliphatic carbocycles. The van der Waals surface area contributed by atoms with Crippen LogP contribution >= 0.6 is 11.8 Å². The Hall–Kier alpha value is -1.11. The Morgan fingerprint density at radius 2 is 1.43 bits per heavy atom. The Morgan fingerprint density at radius 3 is 1.67 bits per heavy atom. The molecule has 0 saturated heterocycles. The molecule has 0 saturated carbocycles. The summed E-state index contributed by atoms with van der Waals surface area (Å²) in [6.07, 6.45) is 0.161. The molecule has 0 bridgehead atoms. The van der Waals surface area contributed by atoms with Gasteiger partial charge in [-0.05, 0) is 6.26 Å². The van der Waals surface area contributed by atoms with Crippen LogP contribution in [0.15, 0.2) is 0 Å². The average Bonchev–Trinajstić information content (AvgIpc) is 2.23. The molecular formula is C14H28N2O4S. The van der Waals surface area contributed by atoms with E-state index in [9.17, 15) is 9.59 Å². The van der Waals surface area contributed by atoms with Gasteiger partial charge in [0, 0.05) is 10.8 Å². The summed E-state index contributed by atoms with van der Waals surface area (Å²) in [4.78, 5) is 22.5. The summed E-state index contributed by atoms with van der Waals surface area (Å²) in [6.45, 7) is 11.8. The summed E-state index contributed by atoms with van der Waals surface area (Å²) in [6, 6.07) is 0. The van der Waals surface area contributed by atoms with Crippen LogP contribution in [0.2, 0.25) is 0 Å². The molecule has 0 aliphatic rings. The van der Waals surface area contributed by atoms with Crippen LogP contribution < -0.4 is 11.5 Å². The quantitative estimate of drug-likeness (QED) is 0.810. The van der Waals surface area contributed by atoms with E-state index in [4.69, 9.17) is 20.9 Å². The van der Waals surface area contributed by atoms with Crippen LogP contribution in [0.25, 0.3) is 0 Å². The van der Waals surface area contributed by atoms with E-state index < -0.39 is 28.6 Å². The van der Waals surface area contributed by atoms with Gasteiger partial charge in [0.2, 0.25) is 0 Å². The first-order chi connectivity index (χ1) is 9.29. The molecule has 124 valence electrons. The average molecular weight is 320 g/mol. The number of thioether (sulfide) groups is 1. The van der Waals surface area contributed by atoms with Gasteiger partial charge in [0.1, 0.15) is 12.2 Å². The lowest BCUT2D eigenvalue weighted by molar-refractivity contribution is -0.143. The summed E-state index contributed by atoms with van der Waals surface area (Å²) in [5, 5.41) is -0.308. The van der Waals surface area contributed by atoms with Gasteiger partial charge in [-0.25, -0.2) is 9.59 Å². The number of rotatable bonds is 5. The van der Waals surface area contributed by atoms with Crippen molar-refractivity contribution in [2.24, 2.45) is 22.3 Å². The van der Waals surface area contributed by atoms with Gasteiger partial charge in [0.25, 0.3) is 0 Å². The molecule has 0 aliphatic heterocycles. The van der Waals surface area contributed by atoms with Crippen LogP contribution in [-0.2, 0) is 9.47 Å². The number of carbonyl (C=O) groups is 2. The highest BCUT2D eigenvalue weighted by molar-refractivity contribution is 7.99. The molecule has 0 aromatic carbocycles. The predicted molar refractivity (Wildman–Crippen MR) is 85.1 cm³/mol. The van der Waals surface area contributed by atoms with Crippen LogP contribution in [-0.4, -0.2) is 35.9 Å². The molecule has 0 rings (SSSR count). The van der Waals surface area contributed by atoms with Crippen molar-refractivity contribution in [2.45, 2.75) is 52.4 Å². The molecule has 0 fully saturated rings. The molecule has 21 heavy (non-hydrogen) atoms. The Bertz CT molecular complexity index is 371. The molecule has 0 heterocycles. The molecule has 0 radical (unpaired) electrons. The smallest absolute Gasteiger partial charge is 0.405 e. The molecule has 1 unspecified atom stereocenters. The van der Waals surface area contributed by atoms with E-state index in [2.05, 4.69) is 0 Å². The summed E-state index contributed by atoms with van der Waals surface area (Å²) < 4.78 is 10.6. The van der Waals surface area contributed by atoms with Gasteiger partial charge in [-0.1, -0.05) is 41.5 Å². The van der Waals surface area contributed by atoms with Gasteiger partial charge in [-0.15, -0.1) is 0 Å². The maximum absolute atomic E-state index is 11.5. The molecule has 2 amide bonds. The lowest BCUT2D eigenvalue weighted by Gasteiger charge is -2.55. The van der Waals surface area contributed by atoms with E-state index in [1.54, 1.807) is 0 Å². The number of hydrogen-bond acceptors (Lipinski definition) is 5. The minimum Gasteiger partial charge on any atom is -0.448 e. The van der Waals surface area contributed by atoms with Crippen molar-refractivity contribution < 1.29 is 19.1 Å². The van der Waals surface area contributed by atoms with E-state index in [1.807, 2.05) is 47.8 Å². The molecule has 6 nitrogen and oxygen atoms in total. The fraction of sp³-hybridized carbons (Fsp3) is 0.857. The highest BCUT2D eigenvalue weighted by atomic mass is 32.2. The minimum absolute atomic E-state index is 0.0400. The lowest BCUT2D eigenvalue weighted by Crippen LogP contribution is -2.64. The van der Waals surface area contributed by atoms with E-state index in [0.29, 0.717) is 0 Å². The third-order valence-electron chi connectivity index (χ3n) is 3.60. The third-order valence-corrected chi connectivity index (χ3v) is 4.64. The first-order valence-corrected chi connectivity index (χ1v) is 8.02. The van der Waals surface area contributed by atoms with Crippen molar-refractivity contribution in [2.75, 3.05) is 12.9 Å². The van der Waals surface area contributed by atoms with Crippen LogP contribution in [0.4, 0.5) is 9.59 Å². The number of amides is 2. The van der Waals surface area contributed by atoms with Gasteiger partial charge in [0.05, 0.1) is 5.25 Å². The number of nitrogens with two attached hydrogens (primary N) is 2. The molecule has 4 N–H and O–H groups in total. The van der Waals surface area contributed by atoms with E-state index in [-0.39, 0.29) is 11.9 Å². The molecule has 0 spiro atoms. The van der Waals surface area contributed by atoms with Gasteiger partial charge in [-0.3, -0.25) is 0 Å². The van der Waals surface area contributed by atoms with Crippen molar-refractivity contribution in [3.63, 3.8) is 0 Å². The molecule has 7 heteroatoms. The fourth-order valence-electron chi connectivity index (χ4n) is 3.13. The zero-order chi connectivity index (χ0) is 17.1. The number of ether oxygens (including phenoxy) is 2. The molecule has 1 atom stereocenters. The predicted octanol–water partition coefficient (Wildman–Crippen LogP) is 2.74. The lowest BCUT2D eigenvalue weighted by atomic mass is 9.60. The first kappa shape index (κ1) is 19.9. The second-order valence-corrected chi connectivity index (χ2v) is 8.05. The van der Waals surface area contributed by atoms with Crippen molar-refractivity contribution >= 4 is 23.9 Å². The first-order valence-electron chi connectivity index (χ1n) is 6.73. The Morgan fingerprint density at radius 1 is 1.00 bits per heavy atom. The Balaban J connectivity index is 5.94. The summed E-state index contributed by atoms with van der Waals surface area (Å²) in [5.74, 6) is 0. The maximum atomic E-state index is 11.5. The minimum atomic E-state index is -0.944. The summed E-state index contributed by atoms with van der Waals surface area (Å²) in [5.41, 5.74) is 8.56. The summed E-state index contributed by atoms with van der Waals surface area (Å²) >= 11 is 1.45. The van der Waals surface area contributed by atoms with Crippen LogP contribution in [0, 0.1) is 10.8 Å². The van der Waals surface area contributed by atoms with Crippen LogP contribution in [0.3, 0.4) is 0 Å². The van der Waals surface area contributed by atoms with Crippen molar-refractivity contribution in [3.8, 4) is 0 Å². The maximum Gasteiger partial charge on any atom is 0.405 e. The van der Waals surface area contributed by atoms with Crippen LogP contribution in [0.5, 0.6) is 0 Å². The normalized spacial score (nSPS) is 14.4. The standard InChI is InChI=1S/C14H28N2O4S/c1-12(2,3)14(13(4,5)6,20-11(16)18)9(21-7)8-19-10(15)17/h9H,8H2,1-7H3,(H2,15,17)(H2,16,18). The van der Waals surface area contributed by atoms with Gasteiger partial charge in [-0.2, -0.15) is 11.8 Å². The summed E-state index contributed by atoms with van der Waals surface area (Å²) in [7, 11) is 0. The Labute approximate surface area is 131 Å². The van der Waals surface area contributed by atoms with Gasteiger partial charge in [0.15, 0.2) is 0 Å². The monoisotopic (exact) mass is 320 g/mol. The fourth-order valence-corrected chi connectivity index (χ4v) is 4.42. The van der Waals surface area contributed by atoms with Crippen molar-refractivity contribution in [1.29, 1.82) is 0 Å². The SMILES string of the molecule is CSC(COC(N)=O)C(OC(N)=O)(C(C)(C)C)C(C)(C)C. The topological polar surface area (TPSA) is 105 Å². The van der Waals surface area contributed by atoms with Crippen molar-refractivity contribution in [3.05, 3.63) is 0 Å². The highest BCUT2D eigenvalue weighted by Crippen LogP contribution is 2.52. The number of primary amides is 2. The second-order valence-electron chi connectivity index (χ2n) is 7.01. The zero-order valence-corrected chi connectivity index (χ0v) is 14.8. The van der Waals surface area contributed by atoms with E-state index >= 15 is 0 Å². The molecule has 0 aromatic rings. The highest BCUT2D eigenvalue weighted by Gasteiger charge is 2.59. The number of carbonyl (C=O) groups excluding carboxylic acids is 2. The van der Waals surface area contributed by atoms with E-state index in [0.717, 1.165) is 0 Å². The van der Waals surface area contributed by atoms with Gasteiger partial charge >= 0.3 is 12.2 Å². The Kier molecular flexibility index (Phi) is 6.41.